The van der Waals surface area contributed by atoms with Gasteiger partial charge in [-0.05, 0) is 6.42 Å². The number of carbonyl (C=O) groups is 2. The number of carbonyl (C=O) groups excluding carboxylic acids is 1. The van der Waals surface area contributed by atoms with Crippen LogP contribution < -0.4 is 5.32 Å². The van der Waals surface area contributed by atoms with Gasteiger partial charge in [-0.2, -0.15) is 11.8 Å². The third-order valence-corrected chi connectivity index (χ3v) is 4.27. The van der Waals surface area contributed by atoms with Crippen LogP contribution >= 0.6 is 11.8 Å². The molecule has 104 valence electrons. The Hall–Kier alpha value is -0.950. The Morgan fingerprint density at radius 3 is 2.83 bits per heavy atom. The van der Waals surface area contributed by atoms with Gasteiger partial charge < -0.3 is 20.4 Å². The SMILES string of the molecule is CCC1CN(C(=O)NC(CCO)C(=O)O)CCS1. The highest BCUT2D eigenvalue weighted by Gasteiger charge is 2.26. The van der Waals surface area contributed by atoms with E-state index in [4.69, 9.17) is 10.2 Å². The second-order valence-corrected chi connectivity index (χ2v) is 5.61. The number of hydrogen-bond donors (Lipinski definition) is 3. The van der Waals surface area contributed by atoms with Crippen molar-refractivity contribution in [2.75, 3.05) is 25.4 Å². The summed E-state index contributed by atoms with van der Waals surface area (Å²) in [5, 5.41) is 20.5. The molecule has 3 N–H and O–H groups in total. The van der Waals surface area contributed by atoms with Gasteiger partial charge >= 0.3 is 12.0 Å². The van der Waals surface area contributed by atoms with Crippen LogP contribution in [-0.4, -0.2) is 63.9 Å². The van der Waals surface area contributed by atoms with Crippen LogP contribution in [0.1, 0.15) is 19.8 Å². The van der Waals surface area contributed by atoms with Gasteiger partial charge in [-0.25, -0.2) is 9.59 Å². The molecule has 0 radical (unpaired) electrons. The van der Waals surface area contributed by atoms with Gasteiger partial charge in [-0.3, -0.25) is 0 Å². The summed E-state index contributed by atoms with van der Waals surface area (Å²) in [4.78, 5) is 24.4. The minimum Gasteiger partial charge on any atom is -0.480 e. The fourth-order valence-corrected chi connectivity index (χ4v) is 2.96. The van der Waals surface area contributed by atoms with Crippen LogP contribution in [0.15, 0.2) is 0 Å². The van der Waals surface area contributed by atoms with Gasteiger partial charge in [0.05, 0.1) is 0 Å². The average Bonchev–Trinajstić information content (AvgIpc) is 2.38. The molecule has 1 fully saturated rings. The number of aliphatic hydroxyl groups excluding tert-OH is 1. The number of nitrogens with zero attached hydrogens (tertiary/aromatic N) is 1. The van der Waals surface area contributed by atoms with E-state index in [1.165, 1.54) is 0 Å². The fraction of sp³-hybridized carbons (Fsp3) is 0.818. The molecule has 1 aliphatic rings. The van der Waals surface area contributed by atoms with Crippen LogP contribution in [0.3, 0.4) is 0 Å². The number of carboxylic acids is 1. The summed E-state index contributed by atoms with van der Waals surface area (Å²) >= 11 is 1.84. The number of aliphatic hydroxyl groups is 1. The molecule has 1 rings (SSSR count). The van der Waals surface area contributed by atoms with E-state index in [1.54, 1.807) is 4.90 Å². The van der Waals surface area contributed by atoms with Crippen LogP contribution in [0.25, 0.3) is 0 Å². The Morgan fingerprint density at radius 1 is 1.56 bits per heavy atom. The van der Waals surface area contributed by atoms with Crippen LogP contribution in [0.2, 0.25) is 0 Å². The number of amides is 2. The van der Waals surface area contributed by atoms with Crippen LogP contribution in [0, 0.1) is 0 Å². The molecule has 0 spiro atoms. The lowest BCUT2D eigenvalue weighted by Crippen LogP contribution is -2.51. The van der Waals surface area contributed by atoms with Gasteiger partial charge in [0.1, 0.15) is 6.04 Å². The normalized spacial score (nSPS) is 21.4. The fourth-order valence-electron chi connectivity index (χ4n) is 1.78. The summed E-state index contributed by atoms with van der Waals surface area (Å²) in [6.45, 7) is 3.10. The Labute approximate surface area is 111 Å². The van der Waals surface area contributed by atoms with Gasteiger partial charge in [0, 0.05) is 37.1 Å². The molecule has 0 aliphatic carbocycles. The Balaban J connectivity index is 2.50. The van der Waals surface area contributed by atoms with Crippen molar-refractivity contribution in [3.63, 3.8) is 0 Å². The zero-order valence-corrected chi connectivity index (χ0v) is 11.3. The lowest BCUT2D eigenvalue weighted by Gasteiger charge is -2.32. The predicted octanol–water partition coefficient (Wildman–Crippen LogP) is 0.359. The maximum Gasteiger partial charge on any atom is 0.326 e. The summed E-state index contributed by atoms with van der Waals surface area (Å²) in [6.07, 6.45) is 1.02. The number of nitrogens with one attached hydrogen (secondary N) is 1. The highest BCUT2D eigenvalue weighted by atomic mass is 32.2. The van der Waals surface area contributed by atoms with Crippen molar-refractivity contribution in [2.24, 2.45) is 0 Å². The molecule has 0 aromatic carbocycles. The zero-order chi connectivity index (χ0) is 13.5. The molecule has 1 aliphatic heterocycles. The maximum absolute atomic E-state index is 11.9. The van der Waals surface area contributed by atoms with Crippen molar-refractivity contribution < 1.29 is 19.8 Å². The van der Waals surface area contributed by atoms with Crippen molar-refractivity contribution in [1.82, 2.24) is 10.2 Å². The highest BCUT2D eigenvalue weighted by Crippen LogP contribution is 2.21. The standard InChI is InChI=1S/C11H20N2O4S/c1-2-8-7-13(4-6-18-8)11(17)12-9(3-5-14)10(15)16/h8-9,14H,2-7H2,1H3,(H,12,17)(H,15,16). The number of hydrogen-bond acceptors (Lipinski definition) is 4. The maximum atomic E-state index is 11.9. The van der Waals surface area contributed by atoms with Gasteiger partial charge in [-0.15, -0.1) is 0 Å². The molecule has 0 saturated carbocycles. The number of rotatable bonds is 5. The summed E-state index contributed by atoms with van der Waals surface area (Å²) in [7, 11) is 0. The van der Waals surface area contributed by atoms with E-state index in [-0.39, 0.29) is 19.1 Å². The smallest absolute Gasteiger partial charge is 0.326 e. The van der Waals surface area contributed by atoms with Crippen molar-refractivity contribution in [3.05, 3.63) is 0 Å². The molecule has 2 unspecified atom stereocenters. The summed E-state index contributed by atoms with van der Waals surface area (Å²) < 4.78 is 0. The molecule has 0 aromatic rings. The lowest BCUT2D eigenvalue weighted by molar-refractivity contribution is -0.139. The van der Waals surface area contributed by atoms with Gasteiger partial charge in [0.15, 0.2) is 0 Å². The Kier molecular flexibility index (Phi) is 6.28. The monoisotopic (exact) mass is 276 g/mol. The van der Waals surface area contributed by atoms with E-state index in [0.29, 0.717) is 18.3 Å². The molecular weight excluding hydrogens is 256 g/mol. The van der Waals surface area contributed by atoms with Crippen LogP contribution in [0.4, 0.5) is 4.79 Å². The molecule has 18 heavy (non-hydrogen) atoms. The summed E-state index contributed by atoms with van der Waals surface area (Å²) in [5.41, 5.74) is 0. The second kappa shape index (κ2) is 7.48. The molecule has 0 aromatic heterocycles. The largest absolute Gasteiger partial charge is 0.480 e. The van der Waals surface area contributed by atoms with Gasteiger partial charge in [-0.1, -0.05) is 6.92 Å². The number of aliphatic carboxylic acids is 1. The Morgan fingerprint density at radius 2 is 2.28 bits per heavy atom. The molecule has 2 atom stereocenters. The van der Waals surface area contributed by atoms with E-state index in [2.05, 4.69) is 12.2 Å². The molecule has 1 saturated heterocycles. The molecule has 1 heterocycles. The van der Waals surface area contributed by atoms with Gasteiger partial charge in [0.25, 0.3) is 0 Å². The van der Waals surface area contributed by atoms with Crippen molar-refractivity contribution in [3.8, 4) is 0 Å². The lowest BCUT2D eigenvalue weighted by atomic mass is 10.2. The van der Waals surface area contributed by atoms with Crippen LogP contribution in [-0.2, 0) is 4.79 Å². The van der Waals surface area contributed by atoms with E-state index in [9.17, 15) is 9.59 Å². The summed E-state index contributed by atoms with van der Waals surface area (Å²) in [6, 6.07) is -1.37. The number of urea groups is 1. The quantitative estimate of drug-likeness (QED) is 0.674. The first kappa shape index (κ1) is 15.1. The van der Waals surface area contributed by atoms with E-state index >= 15 is 0 Å². The topological polar surface area (TPSA) is 89.9 Å². The third kappa shape index (κ3) is 4.38. The zero-order valence-electron chi connectivity index (χ0n) is 10.5. The predicted molar refractivity (Wildman–Crippen MR) is 69.8 cm³/mol. The Bertz CT molecular complexity index is 301. The second-order valence-electron chi connectivity index (χ2n) is 4.20. The van der Waals surface area contributed by atoms with Crippen molar-refractivity contribution >= 4 is 23.8 Å². The van der Waals surface area contributed by atoms with E-state index in [1.807, 2.05) is 11.8 Å². The number of thioether (sulfide) groups is 1. The molecule has 6 nitrogen and oxygen atoms in total. The first-order valence-corrected chi connectivity index (χ1v) is 7.14. The third-order valence-electron chi connectivity index (χ3n) is 2.89. The highest BCUT2D eigenvalue weighted by molar-refractivity contribution is 8.00. The number of carboxylic acid groups (broad SMARTS) is 1. The van der Waals surface area contributed by atoms with E-state index < -0.39 is 12.0 Å². The minimum absolute atomic E-state index is 0.0286. The first-order valence-electron chi connectivity index (χ1n) is 6.09. The molecule has 2 amide bonds. The van der Waals surface area contributed by atoms with Crippen molar-refractivity contribution in [1.29, 1.82) is 0 Å². The first-order chi connectivity index (χ1) is 8.58. The van der Waals surface area contributed by atoms with Crippen LogP contribution in [0.5, 0.6) is 0 Å². The van der Waals surface area contributed by atoms with Crippen molar-refractivity contribution in [2.45, 2.75) is 31.1 Å². The minimum atomic E-state index is -1.11. The molecule has 7 heteroatoms. The summed E-state index contributed by atoms with van der Waals surface area (Å²) in [5.74, 6) is -0.236. The molecule has 0 bridgehead atoms. The molecular formula is C11H20N2O4S. The average molecular weight is 276 g/mol. The van der Waals surface area contributed by atoms with Gasteiger partial charge in [0.2, 0.25) is 0 Å². The van der Waals surface area contributed by atoms with E-state index in [0.717, 1.165) is 12.2 Å².